The third kappa shape index (κ3) is 4.14. The van der Waals surface area contributed by atoms with Gasteiger partial charge in [0.1, 0.15) is 5.76 Å². The van der Waals surface area contributed by atoms with E-state index < -0.39 is 0 Å². The van der Waals surface area contributed by atoms with Crippen molar-refractivity contribution in [2.24, 2.45) is 0 Å². The molecule has 6 nitrogen and oxygen atoms in total. The third-order valence-electron chi connectivity index (χ3n) is 3.07. The first-order chi connectivity index (χ1) is 8.80. The molecule has 0 spiro atoms. The molecule has 1 atom stereocenters. The number of hydrogen-bond acceptors (Lipinski definition) is 4. The molecule has 1 heterocycles. The van der Waals surface area contributed by atoms with Crippen LogP contribution in [0, 0.1) is 0 Å². The van der Waals surface area contributed by atoms with Gasteiger partial charge < -0.3 is 37.0 Å². The molecule has 0 aromatic carbocycles. The van der Waals surface area contributed by atoms with Gasteiger partial charge >= 0.3 is 25.2 Å². The van der Waals surface area contributed by atoms with E-state index in [1.165, 1.54) is 0 Å². The molecule has 0 bridgehead atoms. The van der Waals surface area contributed by atoms with Crippen molar-refractivity contribution in [3.05, 3.63) is 29.1 Å². The second kappa shape index (κ2) is 9.27. The van der Waals surface area contributed by atoms with E-state index in [2.05, 4.69) is 9.69 Å². The van der Waals surface area contributed by atoms with Gasteiger partial charge in [-0.1, -0.05) is 0 Å². The van der Waals surface area contributed by atoms with Crippen LogP contribution in [0.1, 0.15) is 0 Å². The summed E-state index contributed by atoms with van der Waals surface area (Å²) in [5, 5.41) is 0. The molecule has 1 aliphatic carbocycles. The first-order valence-electron chi connectivity index (χ1n) is 5.85. The van der Waals surface area contributed by atoms with Crippen LogP contribution < -0.4 is 12.4 Å². The average Bonchev–Trinajstić information content (AvgIpc) is 2.46. The maximum atomic E-state index is 8.95. The second-order valence-corrected chi connectivity index (χ2v) is 4.05. The second-order valence-electron chi connectivity index (χ2n) is 4.05. The minimum atomic E-state index is -0.355. The number of rotatable bonds is 3. The molecule has 106 valence electrons. The summed E-state index contributed by atoms with van der Waals surface area (Å²) in [6, 6.07) is 0. The summed E-state index contributed by atoms with van der Waals surface area (Å²) in [5.74, 6) is 0.679. The van der Waals surface area contributed by atoms with Crippen molar-refractivity contribution >= 4 is 5.71 Å². The number of ether oxygens (including phenoxy) is 3. The van der Waals surface area contributed by atoms with E-state index in [0.717, 1.165) is 18.8 Å². The van der Waals surface area contributed by atoms with E-state index in [9.17, 15) is 0 Å². The molecule has 20 heavy (non-hydrogen) atoms. The molecule has 0 saturated carbocycles. The molecule has 2 rings (SSSR count). The number of morpholine rings is 1. The number of hydrogen-bond donors (Lipinski definition) is 0. The molecule has 0 aromatic heterocycles. The van der Waals surface area contributed by atoms with Gasteiger partial charge in [-0.15, -0.1) is 0 Å². The molecular formula is C12H17ClN3O3Zn+. The number of halogens is 1. The van der Waals surface area contributed by atoms with Crippen molar-refractivity contribution in [3.63, 3.8) is 0 Å². The van der Waals surface area contributed by atoms with Crippen molar-refractivity contribution < 1.29 is 50.9 Å². The maximum absolute atomic E-state index is 8.95. The number of nitrogens with zero attached hydrogens (tertiary/aromatic N) is 3. The maximum Gasteiger partial charge on any atom is 2.00 e. The molecule has 2 aliphatic rings. The van der Waals surface area contributed by atoms with Crippen molar-refractivity contribution in [1.29, 1.82) is 0 Å². The van der Waals surface area contributed by atoms with E-state index >= 15 is 0 Å². The summed E-state index contributed by atoms with van der Waals surface area (Å²) in [6.45, 7) is 3.03. The van der Waals surface area contributed by atoms with Crippen LogP contribution in [-0.2, 0) is 33.7 Å². The number of methoxy groups -OCH3 is 2. The smallest absolute Gasteiger partial charge is 1.00 e. The quantitative estimate of drug-likeness (QED) is 0.318. The van der Waals surface area contributed by atoms with Crippen molar-refractivity contribution in [2.45, 2.75) is 6.10 Å². The Balaban J connectivity index is 0.00000180. The molecule has 1 aliphatic heterocycles. The van der Waals surface area contributed by atoms with Gasteiger partial charge in [0.25, 0.3) is 0 Å². The average molecular weight is 352 g/mol. The third-order valence-corrected chi connectivity index (χ3v) is 3.07. The Kier molecular flexibility index (Phi) is 8.94. The first-order valence-corrected chi connectivity index (χ1v) is 5.85. The fourth-order valence-electron chi connectivity index (χ4n) is 2.10. The topological polar surface area (TPSA) is 67.3 Å². The molecule has 1 saturated heterocycles. The first kappa shape index (κ1) is 19.3. The minimum Gasteiger partial charge on any atom is -1.00 e. The van der Waals surface area contributed by atoms with E-state index in [-0.39, 0.29) is 38.0 Å². The zero-order valence-electron chi connectivity index (χ0n) is 11.7. The van der Waals surface area contributed by atoms with Crippen LogP contribution in [0.4, 0.5) is 0 Å². The van der Waals surface area contributed by atoms with E-state index in [1.54, 1.807) is 20.3 Å². The van der Waals surface area contributed by atoms with E-state index in [4.69, 9.17) is 19.7 Å². The summed E-state index contributed by atoms with van der Waals surface area (Å²) in [5.41, 5.74) is 10.3. The Morgan fingerprint density at radius 3 is 2.50 bits per heavy atom. The van der Waals surface area contributed by atoms with Gasteiger partial charge in [0.05, 0.1) is 32.1 Å². The van der Waals surface area contributed by atoms with Crippen LogP contribution in [0.25, 0.3) is 5.53 Å². The zero-order valence-corrected chi connectivity index (χ0v) is 15.4. The van der Waals surface area contributed by atoms with Crippen molar-refractivity contribution in [1.82, 2.24) is 4.90 Å². The fourth-order valence-corrected chi connectivity index (χ4v) is 2.10. The fraction of sp³-hybridized carbons (Fsp3) is 0.583. The SMILES string of the molecule is COC1=CC(=[N+]=[N-])C(OC)C=C1N1CCOCC1.[Cl-].[Zn+2]. The van der Waals surface area contributed by atoms with Crippen LogP contribution in [0.2, 0.25) is 0 Å². The van der Waals surface area contributed by atoms with Gasteiger partial charge in [0.15, 0.2) is 6.10 Å². The van der Waals surface area contributed by atoms with E-state index in [0.29, 0.717) is 24.7 Å². The van der Waals surface area contributed by atoms with Crippen LogP contribution in [0.3, 0.4) is 0 Å². The monoisotopic (exact) mass is 350 g/mol. The predicted octanol–water partition coefficient (Wildman–Crippen LogP) is -2.57. The summed E-state index contributed by atoms with van der Waals surface area (Å²) in [6.07, 6.45) is 3.24. The standard InChI is InChI=1S/C12H17N3O3.ClH.Zn/c1-16-11-8-10(15-3-5-18-6-4-15)12(17-2)7-9(11)14-13;;/h7-8,11H,3-6H2,1-2H3;1H;/q;;+2/p-1. The van der Waals surface area contributed by atoms with Crippen molar-refractivity contribution in [2.75, 3.05) is 40.5 Å². The van der Waals surface area contributed by atoms with Gasteiger partial charge in [-0.3, -0.25) is 0 Å². The normalized spacial score (nSPS) is 21.8. The molecule has 0 amide bonds. The summed E-state index contributed by atoms with van der Waals surface area (Å²) < 4.78 is 16.0. The van der Waals surface area contributed by atoms with Crippen molar-refractivity contribution in [3.8, 4) is 0 Å². The molecule has 0 aromatic rings. The Morgan fingerprint density at radius 1 is 1.35 bits per heavy atom. The van der Waals surface area contributed by atoms with Crippen LogP contribution in [0.15, 0.2) is 23.6 Å². The predicted molar refractivity (Wildman–Crippen MR) is 65.0 cm³/mol. The molecule has 1 unspecified atom stereocenters. The van der Waals surface area contributed by atoms with Crippen LogP contribution in [-0.4, -0.2) is 62.0 Å². The summed E-state index contributed by atoms with van der Waals surface area (Å²) in [4.78, 5) is 5.40. The van der Waals surface area contributed by atoms with Gasteiger partial charge in [0, 0.05) is 20.2 Å². The Morgan fingerprint density at radius 2 is 2.00 bits per heavy atom. The van der Waals surface area contributed by atoms with Crippen LogP contribution >= 0.6 is 0 Å². The van der Waals surface area contributed by atoms with Gasteiger partial charge in [0.2, 0.25) is 0 Å². The Labute approximate surface area is 137 Å². The molecular weight excluding hydrogens is 335 g/mol. The molecule has 1 fully saturated rings. The summed E-state index contributed by atoms with van der Waals surface area (Å²) >= 11 is 0. The Hall–Kier alpha value is -0.707. The summed E-state index contributed by atoms with van der Waals surface area (Å²) in [7, 11) is 3.18. The molecule has 0 N–H and O–H groups in total. The zero-order chi connectivity index (χ0) is 13.0. The minimum absolute atomic E-state index is 0. The molecule has 0 radical (unpaired) electrons. The largest absolute Gasteiger partial charge is 2.00 e. The molecule has 8 heteroatoms. The van der Waals surface area contributed by atoms with Crippen LogP contribution in [0.5, 0.6) is 0 Å². The Bertz CT molecular complexity index is 430. The van der Waals surface area contributed by atoms with Gasteiger partial charge in [-0.05, 0) is 6.08 Å². The van der Waals surface area contributed by atoms with Gasteiger partial charge in [-0.25, -0.2) is 0 Å². The van der Waals surface area contributed by atoms with Gasteiger partial charge in [-0.2, -0.15) is 4.79 Å². The van der Waals surface area contributed by atoms with E-state index in [1.807, 2.05) is 6.08 Å².